The minimum absolute atomic E-state index is 0.137. The van der Waals surface area contributed by atoms with Gasteiger partial charge in [-0.15, -0.1) is 0 Å². The smallest absolute Gasteiger partial charge is 0.342 e. The Bertz CT molecular complexity index is 819. The maximum Gasteiger partial charge on any atom is 0.342 e. The maximum absolute atomic E-state index is 11.9. The number of rotatable bonds is 2. The van der Waals surface area contributed by atoms with Crippen molar-refractivity contribution in [1.82, 2.24) is 9.55 Å². The van der Waals surface area contributed by atoms with Crippen LogP contribution in [0.2, 0.25) is 0 Å². The highest BCUT2D eigenvalue weighted by atomic mass is 16.4. The number of hydrogen-bond donors (Lipinski definition) is 2. The van der Waals surface area contributed by atoms with E-state index in [1.54, 1.807) is 0 Å². The Hall–Kier alpha value is -2.63. The molecule has 1 aliphatic carbocycles. The van der Waals surface area contributed by atoms with Gasteiger partial charge in [-0.25, -0.2) is 9.59 Å². The second-order valence-electron chi connectivity index (χ2n) is 5.18. The highest BCUT2D eigenvalue weighted by Gasteiger charge is 2.22. The van der Waals surface area contributed by atoms with Gasteiger partial charge in [-0.1, -0.05) is 24.3 Å². The molecule has 0 saturated carbocycles. The summed E-state index contributed by atoms with van der Waals surface area (Å²) in [6.07, 6.45) is 3.38. The van der Waals surface area contributed by atoms with Crippen LogP contribution in [0.3, 0.4) is 0 Å². The van der Waals surface area contributed by atoms with Crippen LogP contribution in [0.15, 0.2) is 40.1 Å². The van der Waals surface area contributed by atoms with Crippen LogP contribution in [0.1, 0.15) is 33.9 Å². The van der Waals surface area contributed by atoms with Crippen LogP contribution in [0.4, 0.5) is 0 Å². The lowest BCUT2D eigenvalue weighted by molar-refractivity contribution is 0.0693. The van der Waals surface area contributed by atoms with Crippen LogP contribution in [-0.4, -0.2) is 20.6 Å². The zero-order valence-corrected chi connectivity index (χ0v) is 11.2. The first kappa shape index (κ1) is 13.4. The van der Waals surface area contributed by atoms with Crippen molar-refractivity contribution in [3.8, 4) is 0 Å². The van der Waals surface area contributed by atoms with E-state index in [4.69, 9.17) is 5.11 Å². The second kappa shape index (κ2) is 5.05. The Balaban J connectivity index is 2.03. The van der Waals surface area contributed by atoms with Crippen LogP contribution in [0.5, 0.6) is 0 Å². The molecule has 1 heterocycles. The van der Waals surface area contributed by atoms with E-state index in [0.29, 0.717) is 6.42 Å². The van der Waals surface area contributed by atoms with E-state index >= 15 is 0 Å². The molecule has 0 saturated heterocycles. The molecule has 6 heteroatoms. The fraction of sp³-hybridized carbons (Fsp3) is 0.267. The number of aromatic nitrogens is 2. The first-order valence-corrected chi connectivity index (χ1v) is 6.72. The summed E-state index contributed by atoms with van der Waals surface area (Å²) >= 11 is 0. The second-order valence-corrected chi connectivity index (χ2v) is 5.18. The molecule has 0 spiro atoms. The summed E-state index contributed by atoms with van der Waals surface area (Å²) in [5.41, 5.74) is 0.580. The summed E-state index contributed by atoms with van der Waals surface area (Å²) in [5, 5.41) is 9.00. The summed E-state index contributed by atoms with van der Waals surface area (Å²) < 4.78 is 1.33. The van der Waals surface area contributed by atoms with Gasteiger partial charge < -0.3 is 5.11 Å². The topological polar surface area (TPSA) is 92.2 Å². The summed E-state index contributed by atoms with van der Waals surface area (Å²) in [5.74, 6) is -1.33. The third-order valence-corrected chi connectivity index (χ3v) is 3.91. The monoisotopic (exact) mass is 286 g/mol. The molecule has 1 aliphatic rings. The van der Waals surface area contributed by atoms with Gasteiger partial charge in [-0.05, 0) is 30.4 Å². The SMILES string of the molecule is O=C(O)c1cn(C2CCc3ccccc3C2)c(=O)[nH]c1=O. The molecule has 21 heavy (non-hydrogen) atoms. The Kier molecular flexibility index (Phi) is 3.21. The minimum atomic E-state index is -1.33. The van der Waals surface area contributed by atoms with Gasteiger partial charge in [0.1, 0.15) is 5.56 Å². The lowest BCUT2D eigenvalue weighted by Gasteiger charge is -2.26. The first-order chi connectivity index (χ1) is 10.1. The number of carbonyl (C=O) groups is 1. The average Bonchev–Trinajstić information content (AvgIpc) is 2.46. The largest absolute Gasteiger partial charge is 0.477 e. The molecule has 2 aromatic rings. The fourth-order valence-electron chi connectivity index (χ4n) is 2.82. The Labute approximate surface area is 119 Å². The van der Waals surface area contributed by atoms with E-state index in [-0.39, 0.29) is 6.04 Å². The van der Waals surface area contributed by atoms with E-state index in [0.717, 1.165) is 24.6 Å². The zero-order valence-electron chi connectivity index (χ0n) is 11.2. The van der Waals surface area contributed by atoms with Gasteiger partial charge >= 0.3 is 11.7 Å². The lowest BCUT2D eigenvalue weighted by Crippen LogP contribution is -2.36. The number of nitrogens with one attached hydrogen (secondary N) is 1. The van der Waals surface area contributed by atoms with Crippen LogP contribution < -0.4 is 11.2 Å². The molecule has 1 atom stereocenters. The highest BCUT2D eigenvalue weighted by Crippen LogP contribution is 2.27. The number of aryl methyl sites for hydroxylation is 1. The number of nitrogens with zero attached hydrogens (tertiary/aromatic N) is 1. The summed E-state index contributed by atoms with van der Waals surface area (Å²) in [6.45, 7) is 0. The summed E-state index contributed by atoms with van der Waals surface area (Å²) in [7, 11) is 0. The molecule has 0 radical (unpaired) electrons. The van der Waals surface area contributed by atoms with Crippen LogP contribution >= 0.6 is 0 Å². The normalized spacial score (nSPS) is 17.2. The Morgan fingerprint density at radius 1 is 1.24 bits per heavy atom. The van der Waals surface area contributed by atoms with Crippen LogP contribution in [0.25, 0.3) is 0 Å². The third-order valence-electron chi connectivity index (χ3n) is 3.91. The van der Waals surface area contributed by atoms with E-state index in [2.05, 4.69) is 11.1 Å². The molecule has 2 N–H and O–H groups in total. The number of hydrogen-bond acceptors (Lipinski definition) is 3. The molecule has 6 nitrogen and oxygen atoms in total. The Morgan fingerprint density at radius 3 is 2.67 bits per heavy atom. The molecule has 0 aliphatic heterocycles. The van der Waals surface area contributed by atoms with Gasteiger partial charge in [0.2, 0.25) is 0 Å². The molecule has 1 aromatic heterocycles. The number of carboxylic acids is 1. The predicted octanol–water partition coefficient (Wildman–Crippen LogP) is 0.965. The number of carboxylic acid groups (broad SMARTS) is 1. The van der Waals surface area contributed by atoms with Crippen molar-refractivity contribution >= 4 is 5.97 Å². The molecular weight excluding hydrogens is 272 g/mol. The molecule has 108 valence electrons. The number of aromatic carboxylic acids is 1. The number of benzene rings is 1. The van der Waals surface area contributed by atoms with Gasteiger partial charge in [0.25, 0.3) is 5.56 Å². The first-order valence-electron chi connectivity index (χ1n) is 6.72. The number of aromatic amines is 1. The van der Waals surface area contributed by atoms with E-state index < -0.39 is 22.8 Å². The molecular formula is C15H14N2O4. The van der Waals surface area contributed by atoms with Crippen molar-refractivity contribution < 1.29 is 9.90 Å². The molecule has 1 aromatic carbocycles. The van der Waals surface area contributed by atoms with Crippen molar-refractivity contribution in [3.63, 3.8) is 0 Å². The van der Waals surface area contributed by atoms with Crippen LogP contribution in [-0.2, 0) is 12.8 Å². The highest BCUT2D eigenvalue weighted by molar-refractivity contribution is 5.86. The lowest BCUT2D eigenvalue weighted by atomic mass is 9.88. The van der Waals surface area contributed by atoms with Crippen molar-refractivity contribution in [3.05, 3.63) is 68.0 Å². The van der Waals surface area contributed by atoms with E-state index in [1.807, 2.05) is 18.2 Å². The summed E-state index contributed by atoms with van der Waals surface area (Å²) in [6, 6.07) is 7.86. The average molecular weight is 286 g/mol. The molecule has 0 bridgehead atoms. The van der Waals surface area contributed by atoms with Gasteiger partial charge in [0.15, 0.2) is 0 Å². The zero-order chi connectivity index (χ0) is 15.0. The van der Waals surface area contributed by atoms with Crippen molar-refractivity contribution in [2.75, 3.05) is 0 Å². The van der Waals surface area contributed by atoms with Crippen molar-refractivity contribution in [2.24, 2.45) is 0 Å². The van der Waals surface area contributed by atoms with Gasteiger partial charge in [0, 0.05) is 12.2 Å². The molecule has 0 amide bonds. The van der Waals surface area contributed by atoms with Gasteiger partial charge in [-0.2, -0.15) is 0 Å². The van der Waals surface area contributed by atoms with Gasteiger partial charge in [-0.3, -0.25) is 14.3 Å². The van der Waals surface area contributed by atoms with Crippen molar-refractivity contribution in [2.45, 2.75) is 25.3 Å². The minimum Gasteiger partial charge on any atom is -0.477 e. The maximum atomic E-state index is 11.9. The fourth-order valence-corrected chi connectivity index (χ4v) is 2.82. The van der Waals surface area contributed by atoms with E-state index in [9.17, 15) is 14.4 Å². The molecule has 3 rings (SSSR count). The van der Waals surface area contributed by atoms with E-state index in [1.165, 1.54) is 10.1 Å². The van der Waals surface area contributed by atoms with Crippen LogP contribution in [0, 0.1) is 0 Å². The third kappa shape index (κ3) is 2.40. The Morgan fingerprint density at radius 2 is 1.95 bits per heavy atom. The standard InChI is InChI=1S/C15H14N2O4/c18-13-12(14(19)20)8-17(15(21)16-13)11-6-5-9-3-1-2-4-10(9)7-11/h1-4,8,11H,5-7H2,(H,19,20)(H,16,18,21). The quantitative estimate of drug-likeness (QED) is 0.860. The molecule has 0 fully saturated rings. The summed E-state index contributed by atoms with van der Waals surface area (Å²) in [4.78, 5) is 36.5. The molecule has 1 unspecified atom stereocenters. The predicted molar refractivity (Wildman–Crippen MR) is 75.8 cm³/mol. The number of fused-ring (bicyclic) bond motifs is 1. The number of H-pyrrole nitrogens is 1. The van der Waals surface area contributed by atoms with Crippen molar-refractivity contribution in [1.29, 1.82) is 0 Å². The van der Waals surface area contributed by atoms with Gasteiger partial charge in [0.05, 0.1) is 0 Å².